The third-order valence-corrected chi connectivity index (χ3v) is 5.28. The van der Waals surface area contributed by atoms with Gasteiger partial charge in [-0.15, -0.1) is 11.3 Å². The Bertz CT molecular complexity index is 404. The van der Waals surface area contributed by atoms with Crippen LogP contribution < -0.4 is 5.32 Å². The Kier molecular flexibility index (Phi) is 6.00. The standard InChI is InChI=1S/C16H29N3S/c1-5-6-17-8-16-18-15(11-20-16)10-19-9-12(2)7-13(3)14(19)4/h11-14,17H,5-10H2,1-4H3. The smallest absolute Gasteiger partial charge is 0.107 e. The van der Waals surface area contributed by atoms with Gasteiger partial charge in [0, 0.05) is 31.1 Å². The summed E-state index contributed by atoms with van der Waals surface area (Å²) >= 11 is 1.79. The van der Waals surface area contributed by atoms with E-state index in [-0.39, 0.29) is 0 Å². The number of piperidine rings is 1. The number of nitrogens with zero attached hydrogens (tertiary/aromatic N) is 2. The SMILES string of the molecule is CCCNCc1nc(CN2CC(C)CC(C)C2C)cs1. The largest absolute Gasteiger partial charge is 0.310 e. The van der Waals surface area contributed by atoms with Gasteiger partial charge in [0.05, 0.1) is 5.69 Å². The summed E-state index contributed by atoms with van der Waals surface area (Å²) in [6.45, 7) is 13.5. The molecule has 3 nitrogen and oxygen atoms in total. The maximum atomic E-state index is 4.78. The summed E-state index contributed by atoms with van der Waals surface area (Å²) in [6.07, 6.45) is 2.54. The summed E-state index contributed by atoms with van der Waals surface area (Å²) in [5.41, 5.74) is 1.25. The lowest BCUT2D eigenvalue weighted by Crippen LogP contribution is -2.45. The predicted molar refractivity (Wildman–Crippen MR) is 86.9 cm³/mol. The van der Waals surface area contributed by atoms with Gasteiger partial charge in [0.2, 0.25) is 0 Å². The van der Waals surface area contributed by atoms with Gasteiger partial charge >= 0.3 is 0 Å². The monoisotopic (exact) mass is 295 g/mol. The van der Waals surface area contributed by atoms with Gasteiger partial charge in [-0.3, -0.25) is 4.90 Å². The Labute approximate surface area is 127 Å². The van der Waals surface area contributed by atoms with Crippen LogP contribution in [0.25, 0.3) is 0 Å². The highest BCUT2D eigenvalue weighted by Crippen LogP contribution is 2.28. The van der Waals surface area contributed by atoms with Gasteiger partial charge in [-0.2, -0.15) is 0 Å². The highest BCUT2D eigenvalue weighted by atomic mass is 32.1. The molecule has 1 fully saturated rings. The summed E-state index contributed by atoms with van der Waals surface area (Å²) in [5, 5.41) is 6.88. The molecule has 1 aromatic rings. The van der Waals surface area contributed by atoms with E-state index < -0.39 is 0 Å². The molecule has 1 N–H and O–H groups in total. The van der Waals surface area contributed by atoms with Crippen molar-refractivity contribution in [1.82, 2.24) is 15.2 Å². The average Bonchev–Trinajstić information content (AvgIpc) is 2.83. The average molecular weight is 295 g/mol. The molecule has 2 heterocycles. The molecule has 1 aliphatic heterocycles. The zero-order valence-electron chi connectivity index (χ0n) is 13.4. The normalized spacial score (nSPS) is 27.9. The van der Waals surface area contributed by atoms with Crippen LogP contribution in [-0.2, 0) is 13.1 Å². The molecule has 3 atom stereocenters. The van der Waals surface area contributed by atoms with E-state index in [4.69, 9.17) is 4.98 Å². The van der Waals surface area contributed by atoms with Crippen LogP contribution in [-0.4, -0.2) is 29.0 Å². The first-order valence-corrected chi connectivity index (χ1v) is 8.86. The highest BCUT2D eigenvalue weighted by molar-refractivity contribution is 7.09. The summed E-state index contributed by atoms with van der Waals surface area (Å²) in [7, 11) is 0. The van der Waals surface area contributed by atoms with Crippen LogP contribution in [0, 0.1) is 11.8 Å². The van der Waals surface area contributed by atoms with Crippen molar-refractivity contribution in [2.45, 2.75) is 59.7 Å². The molecular weight excluding hydrogens is 266 g/mol. The second-order valence-corrected chi connectivity index (χ2v) is 7.34. The van der Waals surface area contributed by atoms with E-state index in [9.17, 15) is 0 Å². The van der Waals surface area contributed by atoms with Crippen molar-refractivity contribution < 1.29 is 0 Å². The van der Waals surface area contributed by atoms with E-state index in [1.165, 1.54) is 30.1 Å². The predicted octanol–water partition coefficient (Wildman–Crippen LogP) is 3.51. The van der Waals surface area contributed by atoms with E-state index >= 15 is 0 Å². The van der Waals surface area contributed by atoms with Crippen molar-refractivity contribution in [2.24, 2.45) is 11.8 Å². The van der Waals surface area contributed by atoms with E-state index in [0.717, 1.165) is 31.5 Å². The van der Waals surface area contributed by atoms with Crippen LogP contribution >= 0.6 is 11.3 Å². The lowest BCUT2D eigenvalue weighted by Gasteiger charge is -2.40. The van der Waals surface area contributed by atoms with Gasteiger partial charge in [-0.05, 0) is 38.1 Å². The lowest BCUT2D eigenvalue weighted by atomic mass is 9.86. The minimum Gasteiger partial charge on any atom is -0.310 e. The van der Waals surface area contributed by atoms with Crippen LogP contribution in [0.2, 0.25) is 0 Å². The number of aromatic nitrogens is 1. The molecule has 0 bridgehead atoms. The fourth-order valence-electron chi connectivity index (χ4n) is 3.12. The minimum atomic E-state index is 0.676. The Hall–Kier alpha value is -0.450. The molecule has 2 rings (SSSR count). The molecule has 0 radical (unpaired) electrons. The Morgan fingerprint density at radius 2 is 2.20 bits per heavy atom. The van der Waals surface area contributed by atoms with Crippen LogP contribution in [0.3, 0.4) is 0 Å². The van der Waals surface area contributed by atoms with Gasteiger partial charge in [0.25, 0.3) is 0 Å². The molecule has 0 amide bonds. The molecule has 3 unspecified atom stereocenters. The molecule has 0 aliphatic carbocycles. The molecular formula is C16H29N3S. The molecule has 0 spiro atoms. The Morgan fingerprint density at radius 1 is 1.40 bits per heavy atom. The number of hydrogen-bond acceptors (Lipinski definition) is 4. The Balaban J connectivity index is 1.89. The third-order valence-electron chi connectivity index (χ3n) is 4.39. The molecule has 20 heavy (non-hydrogen) atoms. The first-order chi connectivity index (χ1) is 9.60. The van der Waals surface area contributed by atoms with Crippen molar-refractivity contribution in [3.63, 3.8) is 0 Å². The van der Waals surface area contributed by atoms with Gasteiger partial charge in [0.1, 0.15) is 5.01 Å². The Morgan fingerprint density at radius 3 is 2.95 bits per heavy atom. The zero-order chi connectivity index (χ0) is 14.5. The van der Waals surface area contributed by atoms with Gasteiger partial charge in [0.15, 0.2) is 0 Å². The number of thiazole rings is 1. The van der Waals surface area contributed by atoms with E-state index in [2.05, 4.69) is 43.3 Å². The molecule has 114 valence electrons. The molecule has 0 aromatic carbocycles. The van der Waals surface area contributed by atoms with Crippen molar-refractivity contribution in [3.8, 4) is 0 Å². The first-order valence-electron chi connectivity index (χ1n) is 7.98. The maximum Gasteiger partial charge on any atom is 0.107 e. The molecule has 1 aromatic heterocycles. The third kappa shape index (κ3) is 4.27. The van der Waals surface area contributed by atoms with Crippen molar-refractivity contribution >= 4 is 11.3 Å². The van der Waals surface area contributed by atoms with E-state index in [1.807, 2.05) is 0 Å². The summed E-state index contributed by atoms with van der Waals surface area (Å²) in [6, 6.07) is 0.676. The summed E-state index contributed by atoms with van der Waals surface area (Å²) in [4.78, 5) is 7.38. The van der Waals surface area contributed by atoms with Crippen LogP contribution in [0.15, 0.2) is 5.38 Å². The van der Waals surface area contributed by atoms with Crippen LogP contribution in [0.4, 0.5) is 0 Å². The fraction of sp³-hybridized carbons (Fsp3) is 0.812. The number of likely N-dealkylation sites (tertiary alicyclic amines) is 1. The zero-order valence-corrected chi connectivity index (χ0v) is 14.2. The lowest BCUT2D eigenvalue weighted by molar-refractivity contribution is 0.0720. The number of hydrogen-bond donors (Lipinski definition) is 1. The highest BCUT2D eigenvalue weighted by Gasteiger charge is 2.28. The molecule has 1 aliphatic rings. The van der Waals surface area contributed by atoms with Crippen molar-refractivity contribution in [2.75, 3.05) is 13.1 Å². The van der Waals surface area contributed by atoms with Crippen LogP contribution in [0.1, 0.15) is 51.2 Å². The van der Waals surface area contributed by atoms with Crippen molar-refractivity contribution in [1.29, 1.82) is 0 Å². The number of nitrogens with one attached hydrogen (secondary N) is 1. The van der Waals surface area contributed by atoms with Crippen LogP contribution in [0.5, 0.6) is 0 Å². The first kappa shape index (κ1) is 15.9. The number of rotatable bonds is 6. The summed E-state index contributed by atoms with van der Waals surface area (Å²) in [5.74, 6) is 1.61. The van der Waals surface area contributed by atoms with E-state index in [0.29, 0.717) is 6.04 Å². The van der Waals surface area contributed by atoms with Gasteiger partial charge < -0.3 is 5.32 Å². The second-order valence-electron chi connectivity index (χ2n) is 6.40. The molecule has 0 saturated carbocycles. The maximum absolute atomic E-state index is 4.78. The minimum absolute atomic E-state index is 0.676. The van der Waals surface area contributed by atoms with E-state index in [1.54, 1.807) is 11.3 Å². The molecule has 4 heteroatoms. The summed E-state index contributed by atoms with van der Waals surface area (Å²) < 4.78 is 0. The topological polar surface area (TPSA) is 28.2 Å². The molecule has 1 saturated heterocycles. The van der Waals surface area contributed by atoms with Gasteiger partial charge in [-0.1, -0.05) is 20.8 Å². The second kappa shape index (κ2) is 7.53. The van der Waals surface area contributed by atoms with Crippen molar-refractivity contribution in [3.05, 3.63) is 16.1 Å². The van der Waals surface area contributed by atoms with Gasteiger partial charge in [-0.25, -0.2) is 4.98 Å². The quantitative estimate of drug-likeness (QED) is 0.814. The fourth-order valence-corrected chi connectivity index (χ4v) is 3.88.